The number of nitrogens with one attached hydrogen (secondary N) is 1. The van der Waals surface area contributed by atoms with Gasteiger partial charge in [-0.2, -0.15) is 11.8 Å². The van der Waals surface area contributed by atoms with Gasteiger partial charge in [-0.3, -0.25) is 9.10 Å². The van der Waals surface area contributed by atoms with Gasteiger partial charge in [0.15, 0.2) is 6.10 Å². The first-order chi connectivity index (χ1) is 16.4. The molecule has 8 heteroatoms. The third-order valence-electron chi connectivity index (χ3n) is 5.62. The molecule has 3 aromatic carbocycles. The molecular weight excluding hydrogens is 468 g/mol. The fraction of sp³-hybridized carbons (Fsp3) is 0.269. The topological polar surface area (TPSA) is 75.7 Å². The Balaban J connectivity index is 1.38. The van der Waals surface area contributed by atoms with E-state index in [0.29, 0.717) is 23.5 Å². The number of sulfonamides is 1. The minimum absolute atomic E-state index is 0.0611. The highest BCUT2D eigenvalue weighted by atomic mass is 32.2. The number of benzene rings is 3. The number of carbonyl (C=O) groups excluding carboxylic acids is 1. The minimum atomic E-state index is -3.71. The highest BCUT2D eigenvalue weighted by Crippen LogP contribution is 2.35. The zero-order valence-corrected chi connectivity index (χ0v) is 20.6. The van der Waals surface area contributed by atoms with E-state index >= 15 is 0 Å². The van der Waals surface area contributed by atoms with Crippen LogP contribution in [0.2, 0.25) is 0 Å². The van der Waals surface area contributed by atoms with Gasteiger partial charge >= 0.3 is 0 Å². The molecule has 0 saturated carbocycles. The van der Waals surface area contributed by atoms with E-state index in [1.54, 1.807) is 48.2 Å². The van der Waals surface area contributed by atoms with Crippen LogP contribution >= 0.6 is 11.8 Å². The Morgan fingerprint density at radius 1 is 1.03 bits per heavy atom. The fourth-order valence-corrected chi connectivity index (χ4v) is 6.30. The lowest BCUT2D eigenvalue weighted by molar-refractivity contribution is -0.127. The summed E-state index contributed by atoms with van der Waals surface area (Å²) in [6.45, 7) is 2.51. The van der Waals surface area contributed by atoms with Crippen molar-refractivity contribution in [2.24, 2.45) is 0 Å². The molecule has 178 valence electrons. The summed E-state index contributed by atoms with van der Waals surface area (Å²) in [5, 5.41) is 2.90. The van der Waals surface area contributed by atoms with Crippen molar-refractivity contribution < 1.29 is 17.9 Å². The Morgan fingerprint density at radius 2 is 1.74 bits per heavy atom. The second kappa shape index (κ2) is 11.0. The second-order valence-corrected chi connectivity index (χ2v) is 11.1. The number of ether oxygens (including phenoxy) is 1. The van der Waals surface area contributed by atoms with E-state index in [2.05, 4.69) is 24.4 Å². The molecular formula is C26H28N2O4S2. The molecule has 1 aliphatic heterocycles. The van der Waals surface area contributed by atoms with Crippen molar-refractivity contribution in [1.29, 1.82) is 0 Å². The normalized spacial score (nSPS) is 15.3. The van der Waals surface area contributed by atoms with Crippen molar-refractivity contribution >= 4 is 33.4 Å². The van der Waals surface area contributed by atoms with Crippen LogP contribution < -0.4 is 14.4 Å². The number of thioether (sulfide) groups is 1. The fourth-order valence-electron chi connectivity index (χ4n) is 3.78. The van der Waals surface area contributed by atoms with Gasteiger partial charge in [0.1, 0.15) is 5.75 Å². The predicted octanol–water partition coefficient (Wildman–Crippen LogP) is 4.14. The van der Waals surface area contributed by atoms with Crippen molar-refractivity contribution in [3.63, 3.8) is 0 Å². The molecule has 0 aliphatic carbocycles. The van der Waals surface area contributed by atoms with Crippen LogP contribution in [0.5, 0.6) is 5.75 Å². The molecule has 1 aliphatic rings. The van der Waals surface area contributed by atoms with Gasteiger partial charge in [-0.15, -0.1) is 0 Å². The van der Waals surface area contributed by atoms with E-state index in [0.717, 1.165) is 11.5 Å². The predicted molar refractivity (Wildman–Crippen MR) is 138 cm³/mol. The van der Waals surface area contributed by atoms with Crippen LogP contribution in [0, 0.1) is 6.92 Å². The molecule has 6 nitrogen and oxygen atoms in total. The third kappa shape index (κ3) is 5.93. The van der Waals surface area contributed by atoms with Gasteiger partial charge in [0.25, 0.3) is 5.91 Å². The Hall–Kier alpha value is -2.97. The van der Waals surface area contributed by atoms with E-state index in [1.165, 1.54) is 15.4 Å². The zero-order valence-electron chi connectivity index (χ0n) is 19.0. The van der Waals surface area contributed by atoms with Crippen molar-refractivity contribution in [3.05, 3.63) is 95.6 Å². The van der Waals surface area contributed by atoms with Crippen LogP contribution in [0.15, 0.2) is 78.9 Å². The number of rotatable bonds is 9. The third-order valence-corrected chi connectivity index (χ3v) is 8.34. The van der Waals surface area contributed by atoms with Crippen LogP contribution in [0.4, 0.5) is 5.69 Å². The molecule has 0 radical (unpaired) electrons. The number of fused-ring (bicyclic) bond motifs is 1. The highest BCUT2D eigenvalue weighted by Gasteiger charge is 2.36. The van der Waals surface area contributed by atoms with Gasteiger partial charge in [-0.25, -0.2) is 8.42 Å². The number of aryl methyl sites for hydroxylation is 1. The Bertz CT molecular complexity index is 1230. The van der Waals surface area contributed by atoms with Crippen LogP contribution in [-0.4, -0.2) is 39.3 Å². The summed E-state index contributed by atoms with van der Waals surface area (Å²) in [5.74, 6) is 1.55. The first-order valence-electron chi connectivity index (χ1n) is 11.1. The molecule has 1 atom stereocenters. The first-order valence-corrected chi connectivity index (χ1v) is 13.9. The van der Waals surface area contributed by atoms with E-state index in [4.69, 9.17) is 4.74 Å². The summed E-state index contributed by atoms with van der Waals surface area (Å²) < 4.78 is 33.8. The molecule has 34 heavy (non-hydrogen) atoms. The molecule has 1 amide bonds. The summed E-state index contributed by atoms with van der Waals surface area (Å²) in [5.41, 5.74) is 3.69. The molecule has 4 rings (SSSR count). The highest BCUT2D eigenvalue weighted by molar-refractivity contribution is 7.98. The number of carbonyl (C=O) groups is 1. The summed E-state index contributed by atoms with van der Waals surface area (Å²) in [4.78, 5) is 12.9. The summed E-state index contributed by atoms with van der Waals surface area (Å²) in [6, 6.07) is 24.2. The summed E-state index contributed by atoms with van der Waals surface area (Å²) in [7, 11) is -3.71. The zero-order chi connectivity index (χ0) is 24.0. The van der Waals surface area contributed by atoms with Gasteiger partial charge in [0.05, 0.1) is 18.0 Å². The lowest BCUT2D eigenvalue weighted by Gasteiger charge is -2.34. The van der Waals surface area contributed by atoms with Crippen molar-refractivity contribution in [1.82, 2.24) is 5.32 Å². The van der Waals surface area contributed by atoms with E-state index < -0.39 is 16.1 Å². The number of para-hydroxylation sites is 2. The molecule has 0 bridgehead atoms. The molecule has 0 saturated heterocycles. The van der Waals surface area contributed by atoms with Crippen LogP contribution in [0.3, 0.4) is 0 Å². The van der Waals surface area contributed by atoms with Crippen molar-refractivity contribution in [2.75, 3.05) is 23.1 Å². The maximum absolute atomic E-state index is 13.3. The Labute approximate surface area is 205 Å². The van der Waals surface area contributed by atoms with Gasteiger partial charge in [-0.1, -0.05) is 66.7 Å². The lowest BCUT2D eigenvalue weighted by atomic mass is 10.1. The van der Waals surface area contributed by atoms with E-state index in [-0.39, 0.29) is 18.2 Å². The molecule has 0 aromatic heterocycles. The van der Waals surface area contributed by atoms with Gasteiger partial charge in [0, 0.05) is 18.1 Å². The quantitative estimate of drug-likeness (QED) is 0.451. The van der Waals surface area contributed by atoms with Gasteiger partial charge in [0.2, 0.25) is 10.0 Å². The Kier molecular flexibility index (Phi) is 7.80. The standard InChI is InChI=1S/C26H28N2O4S2/c1-20-9-5-6-12-22(20)18-33-16-15-27-26(29)25-17-28(23-13-7-8-14-24(23)32-25)34(30,31)19-21-10-3-2-4-11-21/h2-14,25H,15-19H2,1H3,(H,27,29)/t25-/m0/s1. The lowest BCUT2D eigenvalue weighted by Crippen LogP contribution is -2.51. The molecule has 1 N–H and O–H groups in total. The van der Waals surface area contributed by atoms with E-state index in [1.807, 2.05) is 30.3 Å². The number of anilines is 1. The average Bonchev–Trinajstić information content (AvgIpc) is 2.84. The number of hydrogen-bond donors (Lipinski definition) is 1. The van der Waals surface area contributed by atoms with Gasteiger partial charge < -0.3 is 10.1 Å². The first kappa shape index (κ1) is 24.2. The van der Waals surface area contributed by atoms with Crippen molar-refractivity contribution in [3.8, 4) is 5.75 Å². The van der Waals surface area contributed by atoms with Crippen LogP contribution in [0.1, 0.15) is 16.7 Å². The second-order valence-electron chi connectivity index (χ2n) is 8.12. The number of amides is 1. The number of nitrogens with zero attached hydrogens (tertiary/aromatic N) is 1. The molecule has 0 unspecified atom stereocenters. The smallest absolute Gasteiger partial charge is 0.263 e. The minimum Gasteiger partial charge on any atom is -0.476 e. The van der Waals surface area contributed by atoms with Crippen LogP contribution in [0.25, 0.3) is 0 Å². The van der Waals surface area contributed by atoms with Gasteiger partial charge in [-0.05, 0) is 35.7 Å². The SMILES string of the molecule is Cc1ccccc1CSCCNC(=O)[C@@H]1CN(S(=O)(=O)Cc2ccccc2)c2ccccc2O1. The summed E-state index contributed by atoms with van der Waals surface area (Å²) in [6.07, 6.45) is -0.915. The number of hydrogen-bond acceptors (Lipinski definition) is 5. The molecule has 3 aromatic rings. The largest absolute Gasteiger partial charge is 0.476 e. The molecule has 1 heterocycles. The molecule has 0 fully saturated rings. The molecule has 0 spiro atoms. The van der Waals surface area contributed by atoms with Crippen molar-refractivity contribution in [2.45, 2.75) is 24.5 Å². The summed E-state index contributed by atoms with van der Waals surface area (Å²) >= 11 is 1.74. The Morgan fingerprint density at radius 3 is 2.53 bits per heavy atom. The average molecular weight is 497 g/mol. The van der Waals surface area contributed by atoms with E-state index in [9.17, 15) is 13.2 Å². The monoisotopic (exact) mass is 496 g/mol. The maximum atomic E-state index is 13.3. The van der Waals surface area contributed by atoms with Crippen LogP contribution in [-0.2, 0) is 26.3 Å². The maximum Gasteiger partial charge on any atom is 0.263 e.